The molecule has 4 nitrogen and oxygen atoms in total. The first-order chi connectivity index (χ1) is 6.84. The highest BCUT2D eigenvalue weighted by Gasteiger charge is 2.56. The van der Waals surface area contributed by atoms with E-state index in [1.807, 2.05) is 0 Å². The van der Waals surface area contributed by atoms with E-state index < -0.39 is 30.2 Å². The number of nitrogens with one attached hydrogen (secondary N) is 1. The van der Waals surface area contributed by atoms with Crippen molar-refractivity contribution in [3.63, 3.8) is 0 Å². The molecule has 15 heavy (non-hydrogen) atoms. The smallest absolute Gasteiger partial charge is 0.323 e. The third-order valence-corrected chi connectivity index (χ3v) is 2.79. The van der Waals surface area contributed by atoms with Gasteiger partial charge in [-0.25, -0.2) is 4.79 Å². The Morgan fingerprint density at radius 1 is 1.33 bits per heavy atom. The Morgan fingerprint density at radius 3 is 2.27 bits per heavy atom. The molecule has 0 atom stereocenters. The van der Waals surface area contributed by atoms with Gasteiger partial charge in [0.05, 0.1) is 0 Å². The van der Waals surface area contributed by atoms with Gasteiger partial charge in [0, 0.05) is 0 Å². The number of hydrogen-bond acceptors (Lipinski definition) is 2. The summed E-state index contributed by atoms with van der Waals surface area (Å²) in [5.74, 6) is -0.740. The molecule has 1 saturated heterocycles. The lowest BCUT2D eigenvalue weighted by Crippen LogP contribution is -2.52. The van der Waals surface area contributed by atoms with Gasteiger partial charge < -0.3 is 5.32 Å². The average Bonchev–Trinajstić information content (AvgIpc) is 2.25. The van der Waals surface area contributed by atoms with E-state index in [9.17, 15) is 22.8 Å². The number of nitrogens with zero attached hydrogens (tertiary/aromatic N) is 1. The summed E-state index contributed by atoms with van der Waals surface area (Å²) in [6.45, 7) is -1.50. The second-order valence-electron chi connectivity index (χ2n) is 3.87. The largest absolute Gasteiger partial charge is 0.406 e. The third-order valence-electron chi connectivity index (χ3n) is 2.79. The van der Waals surface area contributed by atoms with Gasteiger partial charge in [-0.05, 0) is 19.3 Å². The van der Waals surface area contributed by atoms with Crippen LogP contribution in [0.2, 0.25) is 0 Å². The minimum atomic E-state index is -4.54. The molecular weight excluding hydrogens is 213 g/mol. The molecule has 1 spiro atoms. The van der Waals surface area contributed by atoms with Crippen LogP contribution in [-0.2, 0) is 4.79 Å². The van der Waals surface area contributed by atoms with Crippen molar-refractivity contribution in [1.29, 1.82) is 0 Å². The standard InChI is InChI=1S/C8H9F3N2O2/c9-8(10,11)4-13-5(14)7(2-1-3-7)12-6(13)15/h1-4H2,(H,12,15). The van der Waals surface area contributed by atoms with Crippen LogP contribution < -0.4 is 5.32 Å². The number of urea groups is 1. The van der Waals surface area contributed by atoms with Gasteiger partial charge in [0.2, 0.25) is 0 Å². The summed E-state index contributed by atoms with van der Waals surface area (Å²) in [5.41, 5.74) is -1.03. The SMILES string of the molecule is O=C1NC2(CCC2)C(=O)N1CC(F)(F)F. The fourth-order valence-electron chi connectivity index (χ4n) is 1.87. The zero-order chi connectivity index (χ0) is 11.3. The molecule has 84 valence electrons. The summed E-state index contributed by atoms with van der Waals surface area (Å²) in [4.78, 5) is 23.0. The number of imide groups is 1. The average molecular weight is 222 g/mol. The summed E-state index contributed by atoms with van der Waals surface area (Å²) in [7, 11) is 0. The van der Waals surface area contributed by atoms with Gasteiger partial charge in [-0.1, -0.05) is 0 Å². The number of halogens is 3. The summed E-state index contributed by atoms with van der Waals surface area (Å²) < 4.78 is 36.2. The maximum absolute atomic E-state index is 12.1. The van der Waals surface area contributed by atoms with Crippen molar-refractivity contribution in [1.82, 2.24) is 10.2 Å². The van der Waals surface area contributed by atoms with Crippen LogP contribution in [0.15, 0.2) is 0 Å². The van der Waals surface area contributed by atoms with Gasteiger partial charge >= 0.3 is 12.2 Å². The van der Waals surface area contributed by atoms with Crippen molar-refractivity contribution in [2.75, 3.05) is 6.54 Å². The predicted molar refractivity (Wildman–Crippen MR) is 42.9 cm³/mol. The quantitative estimate of drug-likeness (QED) is 0.673. The highest BCUT2D eigenvalue weighted by atomic mass is 19.4. The summed E-state index contributed by atoms with van der Waals surface area (Å²) in [6.07, 6.45) is -2.91. The lowest BCUT2D eigenvalue weighted by atomic mass is 9.77. The Morgan fingerprint density at radius 2 is 1.93 bits per heavy atom. The zero-order valence-corrected chi connectivity index (χ0v) is 7.73. The fraction of sp³-hybridized carbons (Fsp3) is 0.750. The molecule has 1 aliphatic carbocycles. The maximum atomic E-state index is 12.1. The number of rotatable bonds is 1. The molecule has 1 aliphatic heterocycles. The molecule has 1 heterocycles. The van der Waals surface area contributed by atoms with Crippen molar-refractivity contribution in [2.45, 2.75) is 31.0 Å². The number of alkyl halides is 3. The molecule has 0 aromatic carbocycles. The second-order valence-corrected chi connectivity index (χ2v) is 3.87. The van der Waals surface area contributed by atoms with Gasteiger partial charge in [-0.3, -0.25) is 9.69 Å². The van der Waals surface area contributed by atoms with Crippen molar-refractivity contribution in [3.8, 4) is 0 Å². The first-order valence-electron chi connectivity index (χ1n) is 4.55. The van der Waals surface area contributed by atoms with E-state index >= 15 is 0 Å². The molecule has 0 bridgehead atoms. The predicted octanol–water partition coefficient (Wildman–Crippen LogP) is 1.02. The Labute approximate surface area is 83.4 Å². The van der Waals surface area contributed by atoms with Gasteiger partial charge in [-0.15, -0.1) is 0 Å². The Hall–Kier alpha value is -1.27. The van der Waals surface area contributed by atoms with Crippen molar-refractivity contribution >= 4 is 11.9 Å². The van der Waals surface area contributed by atoms with E-state index in [1.54, 1.807) is 0 Å². The van der Waals surface area contributed by atoms with Crippen LogP contribution in [0.4, 0.5) is 18.0 Å². The zero-order valence-electron chi connectivity index (χ0n) is 7.73. The summed E-state index contributed by atoms with van der Waals surface area (Å²) in [5, 5.41) is 2.33. The Balaban J connectivity index is 2.13. The lowest BCUT2D eigenvalue weighted by Gasteiger charge is -2.34. The van der Waals surface area contributed by atoms with Crippen LogP contribution >= 0.6 is 0 Å². The van der Waals surface area contributed by atoms with Crippen molar-refractivity contribution in [3.05, 3.63) is 0 Å². The molecule has 0 radical (unpaired) electrons. The highest BCUT2D eigenvalue weighted by Crippen LogP contribution is 2.37. The molecule has 0 unspecified atom stereocenters. The first-order valence-corrected chi connectivity index (χ1v) is 4.55. The van der Waals surface area contributed by atoms with E-state index in [0.717, 1.165) is 6.42 Å². The van der Waals surface area contributed by atoms with Crippen LogP contribution in [-0.4, -0.2) is 35.1 Å². The third kappa shape index (κ3) is 1.55. The van der Waals surface area contributed by atoms with E-state index in [4.69, 9.17) is 0 Å². The molecular formula is C8H9F3N2O2. The number of amides is 3. The Kier molecular flexibility index (Phi) is 1.96. The molecule has 1 N–H and O–H groups in total. The molecule has 2 aliphatic rings. The second kappa shape index (κ2) is 2.86. The van der Waals surface area contributed by atoms with Gasteiger partial charge in [0.15, 0.2) is 0 Å². The lowest BCUT2D eigenvalue weighted by molar-refractivity contribution is -0.156. The first kappa shape index (κ1) is 10.3. The topological polar surface area (TPSA) is 49.4 Å². The van der Waals surface area contributed by atoms with E-state index in [1.165, 1.54) is 0 Å². The van der Waals surface area contributed by atoms with E-state index in [0.29, 0.717) is 12.8 Å². The molecule has 3 amide bonds. The molecule has 1 saturated carbocycles. The Bertz CT molecular complexity index is 322. The molecule has 0 aromatic heterocycles. The van der Waals surface area contributed by atoms with Crippen LogP contribution in [0.3, 0.4) is 0 Å². The number of carbonyl (C=O) groups is 2. The minimum absolute atomic E-state index is 0.249. The molecule has 7 heteroatoms. The van der Waals surface area contributed by atoms with Gasteiger partial charge in [0.1, 0.15) is 12.1 Å². The minimum Gasteiger partial charge on any atom is -0.323 e. The van der Waals surface area contributed by atoms with Crippen molar-refractivity contribution in [2.24, 2.45) is 0 Å². The maximum Gasteiger partial charge on any atom is 0.406 e. The van der Waals surface area contributed by atoms with Crippen LogP contribution in [0.1, 0.15) is 19.3 Å². The van der Waals surface area contributed by atoms with Crippen LogP contribution in [0.25, 0.3) is 0 Å². The number of hydrogen-bond donors (Lipinski definition) is 1. The normalized spacial score (nSPS) is 24.3. The van der Waals surface area contributed by atoms with Gasteiger partial charge in [0.25, 0.3) is 5.91 Å². The van der Waals surface area contributed by atoms with Crippen LogP contribution in [0, 0.1) is 0 Å². The molecule has 2 fully saturated rings. The van der Waals surface area contributed by atoms with Crippen LogP contribution in [0.5, 0.6) is 0 Å². The summed E-state index contributed by atoms with van der Waals surface area (Å²) in [6, 6.07) is -0.933. The summed E-state index contributed by atoms with van der Waals surface area (Å²) >= 11 is 0. The number of carbonyl (C=O) groups excluding carboxylic acids is 2. The van der Waals surface area contributed by atoms with E-state index in [2.05, 4.69) is 5.32 Å². The highest BCUT2D eigenvalue weighted by molar-refractivity contribution is 6.07. The monoisotopic (exact) mass is 222 g/mol. The molecule has 0 aromatic rings. The van der Waals surface area contributed by atoms with Crippen molar-refractivity contribution < 1.29 is 22.8 Å². The van der Waals surface area contributed by atoms with Gasteiger partial charge in [-0.2, -0.15) is 13.2 Å². The molecule has 2 rings (SSSR count). The fourth-order valence-corrected chi connectivity index (χ4v) is 1.87. The van der Waals surface area contributed by atoms with E-state index in [-0.39, 0.29) is 4.90 Å².